The maximum Gasteiger partial charge on any atom is 0.291 e. The lowest BCUT2D eigenvalue weighted by Crippen LogP contribution is -2.14. The number of hydrogen-bond acceptors (Lipinski definition) is 4. The number of carbonyl (C=O) groups excluding carboxylic acids is 1. The Kier molecular flexibility index (Phi) is 3.85. The summed E-state index contributed by atoms with van der Waals surface area (Å²) in [5.74, 6) is 0.0312. The molecule has 1 heterocycles. The second kappa shape index (κ2) is 5.96. The van der Waals surface area contributed by atoms with Crippen molar-refractivity contribution < 1.29 is 13.9 Å². The first-order chi connectivity index (χ1) is 11.1. The van der Waals surface area contributed by atoms with Crippen molar-refractivity contribution in [3.8, 4) is 5.75 Å². The molecule has 0 saturated heterocycles. The Balaban J connectivity index is 1.96. The van der Waals surface area contributed by atoms with E-state index in [9.17, 15) is 9.59 Å². The SMILES string of the molecule is COc1ccc2c(=O)cc(C(=O)Nc3ccc(C)cc3)oc2c1. The van der Waals surface area contributed by atoms with Gasteiger partial charge in [-0.05, 0) is 31.2 Å². The summed E-state index contributed by atoms with van der Waals surface area (Å²) in [6, 6.07) is 13.4. The summed E-state index contributed by atoms with van der Waals surface area (Å²) in [6.45, 7) is 1.96. The molecule has 2 aromatic carbocycles. The van der Waals surface area contributed by atoms with Gasteiger partial charge in [-0.15, -0.1) is 0 Å². The third-order valence-electron chi connectivity index (χ3n) is 3.47. The maximum atomic E-state index is 12.3. The molecular formula is C18H15NO4. The number of rotatable bonds is 3. The first kappa shape index (κ1) is 14.8. The number of carbonyl (C=O) groups is 1. The number of methoxy groups -OCH3 is 1. The van der Waals surface area contributed by atoms with E-state index in [4.69, 9.17) is 9.15 Å². The van der Waals surface area contributed by atoms with E-state index in [0.29, 0.717) is 22.4 Å². The summed E-state index contributed by atoms with van der Waals surface area (Å²) in [6.07, 6.45) is 0. The quantitative estimate of drug-likeness (QED) is 0.805. The summed E-state index contributed by atoms with van der Waals surface area (Å²) in [5.41, 5.74) is 1.76. The summed E-state index contributed by atoms with van der Waals surface area (Å²) < 4.78 is 10.7. The maximum absolute atomic E-state index is 12.3. The van der Waals surface area contributed by atoms with E-state index in [1.54, 1.807) is 30.3 Å². The molecule has 1 N–H and O–H groups in total. The molecule has 116 valence electrons. The Bertz CT molecular complexity index is 926. The van der Waals surface area contributed by atoms with E-state index in [2.05, 4.69) is 5.32 Å². The minimum absolute atomic E-state index is 0.0451. The second-order valence-corrected chi connectivity index (χ2v) is 5.16. The van der Waals surface area contributed by atoms with E-state index >= 15 is 0 Å². The van der Waals surface area contributed by atoms with Gasteiger partial charge in [0.15, 0.2) is 11.2 Å². The van der Waals surface area contributed by atoms with Gasteiger partial charge in [0.1, 0.15) is 11.3 Å². The van der Waals surface area contributed by atoms with Crippen LogP contribution in [0.4, 0.5) is 5.69 Å². The highest BCUT2D eigenvalue weighted by Gasteiger charge is 2.13. The molecule has 3 aromatic rings. The number of benzene rings is 2. The number of nitrogens with one attached hydrogen (secondary N) is 1. The van der Waals surface area contributed by atoms with Crippen molar-refractivity contribution in [3.05, 3.63) is 70.1 Å². The molecule has 0 aliphatic rings. The molecule has 0 aliphatic heterocycles. The van der Waals surface area contributed by atoms with Crippen molar-refractivity contribution in [3.63, 3.8) is 0 Å². The van der Waals surface area contributed by atoms with Gasteiger partial charge in [0.2, 0.25) is 0 Å². The fourth-order valence-corrected chi connectivity index (χ4v) is 2.20. The Hall–Kier alpha value is -3.08. The molecule has 0 spiro atoms. The average Bonchev–Trinajstić information content (AvgIpc) is 2.56. The highest BCUT2D eigenvalue weighted by atomic mass is 16.5. The molecule has 3 rings (SSSR count). The van der Waals surface area contributed by atoms with E-state index in [0.717, 1.165) is 5.56 Å². The summed E-state index contributed by atoms with van der Waals surface area (Å²) in [5, 5.41) is 3.10. The zero-order valence-electron chi connectivity index (χ0n) is 12.8. The number of hydrogen-bond donors (Lipinski definition) is 1. The fourth-order valence-electron chi connectivity index (χ4n) is 2.20. The lowest BCUT2D eigenvalue weighted by atomic mass is 10.2. The third-order valence-corrected chi connectivity index (χ3v) is 3.47. The van der Waals surface area contributed by atoms with Crippen LogP contribution in [0.25, 0.3) is 11.0 Å². The minimum Gasteiger partial charge on any atom is -0.497 e. The zero-order valence-corrected chi connectivity index (χ0v) is 12.8. The van der Waals surface area contributed by atoms with Crippen molar-refractivity contribution in [2.24, 2.45) is 0 Å². The van der Waals surface area contributed by atoms with Crippen molar-refractivity contribution in [1.29, 1.82) is 0 Å². The number of ether oxygens (including phenoxy) is 1. The summed E-state index contributed by atoms with van der Waals surface area (Å²) in [7, 11) is 1.52. The molecule has 0 bridgehead atoms. The molecular weight excluding hydrogens is 294 g/mol. The number of aryl methyl sites for hydroxylation is 1. The second-order valence-electron chi connectivity index (χ2n) is 5.16. The highest BCUT2D eigenvalue weighted by molar-refractivity contribution is 6.03. The van der Waals surface area contributed by atoms with Crippen molar-refractivity contribution >= 4 is 22.6 Å². The van der Waals surface area contributed by atoms with Gasteiger partial charge in [-0.1, -0.05) is 17.7 Å². The van der Waals surface area contributed by atoms with Crippen LogP contribution in [-0.4, -0.2) is 13.0 Å². The normalized spacial score (nSPS) is 10.5. The monoisotopic (exact) mass is 309 g/mol. The van der Waals surface area contributed by atoms with Crippen LogP contribution in [0.15, 0.2) is 57.7 Å². The first-order valence-corrected chi connectivity index (χ1v) is 7.07. The Morgan fingerprint density at radius 2 is 1.83 bits per heavy atom. The van der Waals surface area contributed by atoms with Gasteiger partial charge in [0.05, 0.1) is 12.5 Å². The van der Waals surface area contributed by atoms with Crippen LogP contribution in [0.2, 0.25) is 0 Å². The van der Waals surface area contributed by atoms with Gasteiger partial charge < -0.3 is 14.5 Å². The van der Waals surface area contributed by atoms with Crippen LogP contribution in [0.5, 0.6) is 5.75 Å². The first-order valence-electron chi connectivity index (χ1n) is 7.07. The molecule has 1 aromatic heterocycles. The Morgan fingerprint density at radius 3 is 2.52 bits per heavy atom. The van der Waals surface area contributed by atoms with E-state index < -0.39 is 5.91 Å². The molecule has 0 radical (unpaired) electrons. The molecule has 0 fully saturated rings. The summed E-state index contributed by atoms with van der Waals surface area (Å²) in [4.78, 5) is 24.4. The molecule has 0 atom stereocenters. The van der Waals surface area contributed by atoms with Gasteiger partial charge in [-0.25, -0.2) is 0 Å². The predicted octanol–water partition coefficient (Wildman–Crippen LogP) is 3.36. The highest BCUT2D eigenvalue weighted by Crippen LogP contribution is 2.20. The minimum atomic E-state index is -0.476. The molecule has 0 unspecified atom stereocenters. The predicted molar refractivity (Wildman–Crippen MR) is 88.2 cm³/mol. The van der Waals surface area contributed by atoms with E-state index in [-0.39, 0.29) is 11.2 Å². The average molecular weight is 309 g/mol. The van der Waals surface area contributed by atoms with Gasteiger partial charge in [-0.3, -0.25) is 9.59 Å². The van der Waals surface area contributed by atoms with Crippen molar-refractivity contribution in [2.45, 2.75) is 6.92 Å². The molecule has 5 nitrogen and oxygen atoms in total. The van der Waals surface area contributed by atoms with Crippen LogP contribution in [0, 0.1) is 6.92 Å². The fraction of sp³-hybridized carbons (Fsp3) is 0.111. The Labute approximate surface area is 132 Å². The smallest absolute Gasteiger partial charge is 0.291 e. The Morgan fingerprint density at radius 1 is 1.09 bits per heavy atom. The van der Waals surface area contributed by atoms with Gasteiger partial charge in [0.25, 0.3) is 5.91 Å². The number of amides is 1. The van der Waals surface area contributed by atoms with E-state index in [1.807, 2.05) is 19.1 Å². The van der Waals surface area contributed by atoms with Gasteiger partial charge >= 0.3 is 0 Å². The molecule has 0 aliphatic carbocycles. The lowest BCUT2D eigenvalue weighted by Gasteiger charge is -2.06. The number of fused-ring (bicyclic) bond motifs is 1. The molecule has 23 heavy (non-hydrogen) atoms. The largest absolute Gasteiger partial charge is 0.497 e. The standard InChI is InChI=1S/C18H15NO4/c1-11-3-5-12(6-4-11)19-18(21)17-10-15(20)14-8-7-13(22-2)9-16(14)23-17/h3-10H,1-2H3,(H,19,21). The number of anilines is 1. The van der Waals surface area contributed by atoms with Crippen molar-refractivity contribution in [2.75, 3.05) is 12.4 Å². The van der Waals surface area contributed by atoms with Gasteiger partial charge in [0, 0.05) is 17.8 Å². The molecule has 0 saturated carbocycles. The van der Waals surface area contributed by atoms with E-state index in [1.165, 1.54) is 13.2 Å². The topological polar surface area (TPSA) is 68.5 Å². The van der Waals surface area contributed by atoms with Crippen molar-refractivity contribution in [1.82, 2.24) is 0 Å². The van der Waals surface area contributed by atoms with Crippen LogP contribution < -0.4 is 15.5 Å². The van der Waals surface area contributed by atoms with Gasteiger partial charge in [-0.2, -0.15) is 0 Å². The third kappa shape index (κ3) is 3.08. The zero-order chi connectivity index (χ0) is 16.4. The lowest BCUT2D eigenvalue weighted by molar-refractivity contribution is 0.0997. The van der Waals surface area contributed by atoms with Crippen LogP contribution in [-0.2, 0) is 0 Å². The van der Waals surface area contributed by atoms with Crippen LogP contribution >= 0.6 is 0 Å². The van der Waals surface area contributed by atoms with Crippen LogP contribution in [0.1, 0.15) is 16.1 Å². The molecule has 1 amide bonds. The van der Waals surface area contributed by atoms with Crippen LogP contribution in [0.3, 0.4) is 0 Å². The summed E-state index contributed by atoms with van der Waals surface area (Å²) >= 11 is 0. The molecule has 5 heteroatoms.